The van der Waals surface area contributed by atoms with Crippen LogP contribution in [0.25, 0.3) is 0 Å². The lowest BCUT2D eigenvalue weighted by Crippen LogP contribution is -2.50. The zero-order valence-electron chi connectivity index (χ0n) is 17.6. The third-order valence-electron chi connectivity index (χ3n) is 5.93. The van der Waals surface area contributed by atoms with E-state index in [1.807, 2.05) is 25.2 Å². The molecule has 0 bridgehead atoms. The predicted octanol–water partition coefficient (Wildman–Crippen LogP) is 4.47. The van der Waals surface area contributed by atoms with Gasteiger partial charge in [-0.2, -0.15) is 11.8 Å². The number of halogens is 2. The molecule has 2 N–H and O–H groups in total. The highest BCUT2D eigenvalue weighted by Gasteiger charge is 2.37. The van der Waals surface area contributed by atoms with Crippen molar-refractivity contribution in [2.45, 2.75) is 42.8 Å². The van der Waals surface area contributed by atoms with E-state index in [-0.39, 0.29) is 29.4 Å². The second-order valence-electron chi connectivity index (χ2n) is 7.92. The molecule has 0 saturated carbocycles. The normalized spacial score (nSPS) is 23.9. The number of nitrogens with zero attached hydrogens (tertiary/aromatic N) is 1. The van der Waals surface area contributed by atoms with E-state index >= 15 is 0 Å². The quantitative estimate of drug-likeness (QED) is 0.309. The fourth-order valence-electron chi connectivity index (χ4n) is 4.12. The number of methoxy groups -OCH3 is 1. The number of thioether (sulfide) groups is 1. The molecule has 2 aliphatic rings. The minimum atomic E-state index is -0.0991. The summed E-state index contributed by atoms with van der Waals surface area (Å²) in [7, 11) is 3.55. The summed E-state index contributed by atoms with van der Waals surface area (Å²) < 4.78 is 11.6. The van der Waals surface area contributed by atoms with Crippen molar-refractivity contribution < 1.29 is 9.47 Å². The predicted molar refractivity (Wildman–Crippen MR) is 135 cm³/mol. The Labute approximate surface area is 201 Å². The van der Waals surface area contributed by atoms with Crippen LogP contribution in [0.1, 0.15) is 38.2 Å². The Kier molecular flexibility index (Phi) is 9.70. The van der Waals surface area contributed by atoms with Crippen LogP contribution in [0.15, 0.2) is 23.2 Å². The fourth-order valence-corrected chi connectivity index (χ4v) is 5.54. The van der Waals surface area contributed by atoms with Gasteiger partial charge in [0.05, 0.1) is 7.11 Å². The molecule has 2 saturated heterocycles. The number of aliphatic imine (C=N–C) groups is 1. The zero-order chi connectivity index (χ0) is 20.0. The summed E-state index contributed by atoms with van der Waals surface area (Å²) >= 11 is 8.39. The fraction of sp³-hybridized carbons (Fsp3) is 0.667. The summed E-state index contributed by atoms with van der Waals surface area (Å²) in [5.74, 6) is 2.98. The highest BCUT2D eigenvalue weighted by atomic mass is 127. The van der Waals surface area contributed by atoms with Crippen LogP contribution in [0.4, 0.5) is 0 Å². The number of benzene rings is 1. The van der Waals surface area contributed by atoms with Gasteiger partial charge >= 0.3 is 0 Å². The first-order chi connectivity index (χ1) is 13.5. The first kappa shape index (κ1) is 24.9. The van der Waals surface area contributed by atoms with Crippen LogP contribution in [0, 0.1) is 0 Å². The number of rotatable bonds is 6. The molecule has 2 fully saturated rings. The molecule has 1 aromatic rings. The molecule has 5 nitrogen and oxygen atoms in total. The molecule has 2 aliphatic heterocycles. The lowest BCUT2D eigenvalue weighted by Gasteiger charge is -2.39. The molecular formula is C21H33ClIN3O2S. The van der Waals surface area contributed by atoms with Crippen LogP contribution in [0.5, 0.6) is 5.75 Å². The van der Waals surface area contributed by atoms with Crippen molar-refractivity contribution >= 4 is 53.3 Å². The van der Waals surface area contributed by atoms with Gasteiger partial charge in [0.2, 0.25) is 0 Å². The number of hydrogen-bond acceptors (Lipinski definition) is 4. The molecule has 1 atom stereocenters. The molecule has 1 unspecified atom stereocenters. The van der Waals surface area contributed by atoms with E-state index < -0.39 is 0 Å². The van der Waals surface area contributed by atoms with E-state index in [9.17, 15) is 0 Å². The Balaban J connectivity index is 0.00000300. The standard InChI is InChI=1S/C21H32ClN3O2S.HI/c1-20(7-4-12-28-20)14-24-19(23-2)25-15-21(8-10-27-11-9-21)17-13-16(22)5-6-18(17)26-3;/h5-6,13H,4,7-12,14-15H2,1-3H3,(H2,23,24,25);1H. The minimum Gasteiger partial charge on any atom is -0.496 e. The average molecular weight is 554 g/mol. The molecule has 0 amide bonds. The largest absolute Gasteiger partial charge is 0.496 e. The summed E-state index contributed by atoms with van der Waals surface area (Å²) in [5, 5.41) is 7.83. The first-order valence-electron chi connectivity index (χ1n) is 10.0. The maximum atomic E-state index is 6.34. The second kappa shape index (κ2) is 11.3. The summed E-state index contributed by atoms with van der Waals surface area (Å²) in [6, 6.07) is 5.88. The Hall–Kier alpha value is -0.380. The van der Waals surface area contributed by atoms with E-state index in [1.165, 1.54) is 18.6 Å². The minimum absolute atomic E-state index is 0. The average Bonchev–Trinajstić information content (AvgIpc) is 3.15. The maximum Gasteiger partial charge on any atom is 0.191 e. The van der Waals surface area contributed by atoms with Crippen molar-refractivity contribution in [3.05, 3.63) is 28.8 Å². The topological polar surface area (TPSA) is 54.9 Å². The summed E-state index contributed by atoms with van der Waals surface area (Å²) in [5.41, 5.74) is 1.05. The van der Waals surface area contributed by atoms with Gasteiger partial charge in [-0.15, -0.1) is 24.0 Å². The van der Waals surface area contributed by atoms with Gasteiger partial charge in [0.25, 0.3) is 0 Å². The number of ether oxygens (including phenoxy) is 2. The highest BCUT2D eigenvalue weighted by molar-refractivity contribution is 14.0. The monoisotopic (exact) mass is 553 g/mol. The lowest BCUT2D eigenvalue weighted by molar-refractivity contribution is 0.0505. The summed E-state index contributed by atoms with van der Waals surface area (Å²) in [4.78, 5) is 4.45. The molecule has 8 heteroatoms. The number of guanidine groups is 1. The molecule has 0 aromatic heterocycles. The van der Waals surface area contributed by atoms with Crippen LogP contribution in [0.3, 0.4) is 0 Å². The van der Waals surface area contributed by atoms with Crippen molar-refractivity contribution in [2.24, 2.45) is 4.99 Å². The van der Waals surface area contributed by atoms with Gasteiger partial charge in [-0.3, -0.25) is 4.99 Å². The van der Waals surface area contributed by atoms with Gasteiger partial charge in [-0.05, 0) is 56.6 Å². The Bertz CT molecular complexity index is 693. The van der Waals surface area contributed by atoms with E-state index in [0.717, 1.165) is 61.4 Å². The summed E-state index contributed by atoms with van der Waals surface area (Å²) in [6.45, 7) is 5.49. The smallest absolute Gasteiger partial charge is 0.191 e. The van der Waals surface area contributed by atoms with Crippen molar-refractivity contribution in [1.29, 1.82) is 0 Å². The van der Waals surface area contributed by atoms with Gasteiger partial charge in [-0.1, -0.05) is 11.6 Å². The van der Waals surface area contributed by atoms with Gasteiger partial charge in [-0.25, -0.2) is 0 Å². The van der Waals surface area contributed by atoms with Crippen molar-refractivity contribution in [3.8, 4) is 5.75 Å². The van der Waals surface area contributed by atoms with E-state index in [4.69, 9.17) is 21.1 Å². The van der Waals surface area contributed by atoms with Gasteiger partial charge in [0.15, 0.2) is 5.96 Å². The van der Waals surface area contributed by atoms with Crippen LogP contribution < -0.4 is 15.4 Å². The Morgan fingerprint density at radius 2 is 1.97 bits per heavy atom. The molecule has 3 rings (SSSR count). The van der Waals surface area contributed by atoms with E-state index in [1.54, 1.807) is 7.11 Å². The van der Waals surface area contributed by atoms with Crippen LogP contribution in [-0.2, 0) is 10.2 Å². The van der Waals surface area contributed by atoms with Crippen LogP contribution >= 0.6 is 47.3 Å². The molecule has 0 radical (unpaired) electrons. The van der Waals surface area contributed by atoms with Crippen molar-refractivity contribution in [3.63, 3.8) is 0 Å². The highest BCUT2D eigenvalue weighted by Crippen LogP contribution is 2.41. The molecule has 1 aromatic carbocycles. The third kappa shape index (κ3) is 6.31. The lowest BCUT2D eigenvalue weighted by atomic mass is 9.73. The van der Waals surface area contributed by atoms with Gasteiger partial charge < -0.3 is 20.1 Å². The molecule has 0 aliphatic carbocycles. The van der Waals surface area contributed by atoms with Crippen LogP contribution in [0.2, 0.25) is 5.02 Å². The van der Waals surface area contributed by atoms with Crippen molar-refractivity contribution in [1.82, 2.24) is 10.6 Å². The maximum absolute atomic E-state index is 6.34. The molecule has 164 valence electrons. The molecular weight excluding hydrogens is 521 g/mol. The second-order valence-corrected chi connectivity index (χ2v) is 10.0. The molecule has 2 heterocycles. The number of nitrogens with one attached hydrogen (secondary N) is 2. The first-order valence-corrected chi connectivity index (χ1v) is 11.4. The molecule has 29 heavy (non-hydrogen) atoms. The zero-order valence-corrected chi connectivity index (χ0v) is 21.5. The number of hydrogen-bond donors (Lipinski definition) is 2. The SMILES string of the molecule is CN=C(NCC1(C)CCCS1)NCC1(c2cc(Cl)ccc2OC)CCOCC1.I. The molecule has 0 spiro atoms. The van der Waals surface area contributed by atoms with Crippen molar-refractivity contribution in [2.75, 3.05) is 46.2 Å². The summed E-state index contributed by atoms with van der Waals surface area (Å²) in [6.07, 6.45) is 4.39. The Morgan fingerprint density at radius 1 is 1.24 bits per heavy atom. The van der Waals surface area contributed by atoms with Crippen LogP contribution in [-0.4, -0.2) is 56.9 Å². The Morgan fingerprint density at radius 3 is 2.59 bits per heavy atom. The van der Waals surface area contributed by atoms with Gasteiger partial charge in [0, 0.05) is 54.1 Å². The third-order valence-corrected chi connectivity index (χ3v) is 7.70. The van der Waals surface area contributed by atoms with E-state index in [2.05, 4.69) is 34.3 Å². The van der Waals surface area contributed by atoms with E-state index in [0.29, 0.717) is 4.75 Å². The van der Waals surface area contributed by atoms with Gasteiger partial charge in [0.1, 0.15) is 5.75 Å².